The molecule has 18 heavy (non-hydrogen) atoms. The van der Waals surface area contributed by atoms with E-state index in [1.165, 1.54) is 24.0 Å². The van der Waals surface area contributed by atoms with Crippen molar-refractivity contribution in [2.45, 2.75) is 47.0 Å². The first-order chi connectivity index (χ1) is 8.61. The minimum absolute atomic E-state index is 0.752. The van der Waals surface area contributed by atoms with Crippen molar-refractivity contribution in [3.8, 4) is 0 Å². The van der Waals surface area contributed by atoms with Crippen molar-refractivity contribution in [3.05, 3.63) is 35.4 Å². The minimum atomic E-state index is 0.752. The second-order valence-electron chi connectivity index (χ2n) is 5.87. The van der Waals surface area contributed by atoms with Gasteiger partial charge in [0.15, 0.2) is 0 Å². The second-order valence-corrected chi connectivity index (χ2v) is 5.87. The number of hydrogen-bond donors (Lipinski definition) is 1. The van der Waals surface area contributed by atoms with Crippen molar-refractivity contribution in [1.29, 1.82) is 0 Å². The van der Waals surface area contributed by atoms with Gasteiger partial charge in [0.2, 0.25) is 0 Å². The van der Waals surface area contributed by atoms with Crippen LogP contribution in [0.4, 0.5) is 0 Å². The van der Waals surface area contributed by atoms with Gasteiger partial charge in [0.25, 0.3) is 0 Å². The van der Waals surface area contributed by atoms with Crippen LogP contribution < -0.4 is 5.32 Å². The number of benzene rings is 1. The fraction of sp³-hybridized carbons (Fsp3) is 0.647. The van der Waals surface area contributed by atoms with Crippen molar-refractivity contribution in [1.82, 2.24) is 5.32 Å². The largest absolute Gasteiger partial charge is 0.316 e. The van der Waals surface area contributed by atoms with Crippen LogP contribution in [-0.4, -0.2) is 13.1 Å². The summed E-state index contributed by atoms with van der Waals surface area (Å²) in [7, 11) is 0. The summed E-state index contributed by atoms with van der Waals surface area (Å²) >= 11 is 0. The zero-order valence-electron chi connectivity index (χ0n) is 12.5. The third-order valence-corrected chi connectivity index (χ3v) is 3.38. The SMILES string of the molecule is CCc1ccc(CC(C)CCNCC(C)C)cc1. The van der Waals surface area contributed by atoms with E-state index in [0.717, 1.165) is 31.3 Å². The Morgan fingerprint density at radius 2 is 1.61 bits per heavy atom. The summed E-state index contributed by atoms with van der Waals surface area (Å²) in [5, 5.41) is 3.52. The molecule has 1 atom stereocenters. The zero-order chi connectivity index (χ0) is 13.4. The summed E-state index contributed by atoms with van der Waals surface area (Å²) in [5.41, 5.74) is 2.91. The summed E-state index contributed by atoms with van der Waals surface area (Å²) in [6.45, 7) is 11.4. The molecule has 0 bridgehead atoms. The Bertz CT molecular complexity index is 313. The number of nitrogens with one attached hydrogen (secondary N) is 1. The van der Waals surface area contributed by atoms with Gasteiger partial charge >= 0.3 is 0 Å². The molecule has 0 aliphatic heterocycles. The van der Waals surface area contributed by atoms with Crippen LogP contribution in [0.25, 0.3) is 0 Å². The topological polar surface area (TPSA) is 12.0 Å². The normalized spacial score (nSPS) is 12.9. The molecule has 0 aromatic heterocycles. The van der Waals surface area contributed by atoms with Crippen molar-refractivity contribution >= 4 is 0 Å². The molecule has 1 aromatic carbocycles. The molecular formula is C17H29N. The first-order valence-corrected chi connectivity index (χ1v) is 7.40. The maximum absolute atomic E-state index is 3.52. The predicted octanol–water partition coefficient (Wildman–Crippen LogP) is 4.06. The molecule has 0 saturated carbocycles. The van der Waals surface area contributed by atoms with Gasteiger partial charge in [-0.1, -0.05) is 52.0 Å². The van der Waals surface area contributed by atoms with E-state index in [-0.39, 0.29) is 0 Å². The van der Waals surface area contributed by atoms with E-state index >= 15 is 0 Å². The predicted molar refractivity (Wildman–Crippen MR) is 81.0 cm³/mol. The fourth-order valence-electron chi connectivity index (χ4n) is 2.15. The molecule has 0 saturated heterocycles. The molecule has 1 heteroatoms. The first-order valence-electron chi connectivity index (χ1n) is 7.40. The molecule has 1 N–H and O–H groups in total. The summed E-state index contributed by atoms with van der Waals surface area (Å²) < 4.78 is 0. The average molecular weight is 247 g/mol. The summed E-state index contributed by atoms with van der Waals surface area (Å²) in [5.74, 6) is 1.51. The molecule has 0 aliphatic rings. The lowest BCUT2D eigenvalue weighted by Crippen LogP contribution is -2.22. The fourth-order valence-corrected chi connectivity index (χ4v) is 2.15. The van der Waals surface area contributed by atoms with E-state index in [2.05, 4.69) is 57.3 Å². The third kappa shape index (κ3) is 6.20. The van der Waals surface area contributed by atoms with Crippen LogP contribution in [0.3, 0.4) is 0 Å². The quantitative estimate of drug-likeness (QED) is 0.683. The molecule has 0 aliphatic carbocycles. The van der Waals surface area contributed by atoms with Crippen LogP contribution in [0.2, 0.25) is 0 Å². The number of hydrogen-bond acceptors (Lipinski definition) is 1. The maximum atomic E-state index is 3.52. The lowest BCUT2D eigenvalue weighted by molar-refractivity contribution is 0.474. The smallest absolute Gasteiger partial charge is 0.00258 e. The highest BCUT2D eigenvalue weighted by atomic mass is 14.8. The van der Waals surface area contributed by atoms with E-state index in [1.54, 1.807) is 0 Å². The highest BCUT2D eigenvalue weighted by Crippen LogP contribution is 2.12. The molecule has 1 rings (SSSR count). The lowest BCUT2D eigenvalue weighted by Gasteiger charge is -2.13. The van der Waals surface area contributed by atoms with Gasteiger partial charge in [0.05, 0.1) is 0 Å². The molecule has 0 radical (unpaired) electrons. The molecule has 1 aromatic rings. The first kappa shape index (κ1) is 15.2. The van der Waals surface area contributed by atoms with E-state index in [1.807, 2.05) is 0 Å². The average Bonchev–Trinajstić information content (AvgIpc) is 2.35. The van der Waals surface area contributed by atoms with Crippen molar-refractivity contribution in [2.24, 2.45) is 11.8 Å². The zero-order valence-corrected chi connectivity index (χ0v) is 12.5. The van der Waals surface area contributed by atoms with Crippen molar-refractivity contribution < 1.29 is 0 Å². The highest BCUT2D eigenvalue weighted by Gasteiger charge is 2.04. The van der Waals surface area contributed by atoms with Crippen molar-refractivity contribution in [2.75, 3.05) is 13.1 Å². The van der Waals surface area contributed by atoms with Gasteiger partial charge in [0, 0.05) is 0 Å². The Morgan fingerprint density at radius 3 is 2.17 bits per heavy atom. The van der Waals surface area contributed by atoms with Crippen LogP contribution in [0.15, 0.2) is 24.3 Å². The summed E-state index contributed by atoms with van der Waals surface area (Å²) in [6, 6.07) is 9.10. The molecule has 0 fully saturated rings. The Labute approximate surface area is 113 Å². The van der Waals surface area contributed by atoms with Gasteiger partial charge in [0.1, 0.15) is 0 Å². The van der Waals surface area contributed by atoms with E-state index in [9.17, 15) is 0 Å². The van der Waals surface area contributed by atoms with E-state index < -0.39 is 0 Å². The molecule has 1 unspecified atom stereocenters. The molecule has 0 heterocycles. The molecule has 102 valence electrons. The van der Waals surface area contributed by atoms with Crippen LogP contribution in [0.5, 0.6) is 0 Å². The van der Waals surface area contributed by atoms with E-state index in [0.29, 0.717) is 0 Å². The van der Waals surface area contributed by atoms with Crippen LogP contribution in [0.1, 0.15) is 45.2 Å². The maximum Gasteiger partial charge on any atom is -0.00258 e. The molecule has 0 spiro atoms. The van der Waals surface area contributed by atoms with Crippen molar-refractivity contribution in [3.63, 3.8) is 0 Å². The Kier molecular flexibility index (Phi) is 7.04. The van der Waals surface area contributed by atoms with Gasteiger partial charge in [-0.3, -0.25) is 0 Å². The van der Waals surface area contributed by atoms with Crippen LogP contribution in [0, 0.1) is 11.8 Å². The van der Waals surface area contributed by atoms with E-state index in [4.69, 9.17) is 0 Å². The number of rotatable bonds is 8. The molecule has 0 amide bonds. The number of aryl methyl sites for hydroxylation is 1. The standard InChI is InChI=1S/C17H29N/c1-5-16-6-8-17(9-7-16)12-15(4)10-11-18-13-14(2)3/h6-9,14-15,18H,5,10-13H2,1-4H3. The second kappa shape index (κ2) is 8.31. The van der Waals surface area contributed by atoms with Gasteiger partial charge in [-0.2, -0.15) is 0 Å². The minimum Gasteiger partial charge on any atom is -0.316 e. The Morgan fingerprint density at radius 1 is 1.00 bits per heavy atom. The van der Waals surface area contributed by atoms with Gasteiger partial charge in [-0.25, -0.2) is 0 Å². The van der Waals surface area contributed by atoms with Gasteiger partial charge in [-0.05, 0) is 55.3 Å². The third-order valence-electron chi connectivity index (χ3n) is 3.38. The Hall–Kier alpha value is -0.820. The molecular weight excluding hydrogens is 218 g/mol. The summed E-state index contributed by atoms with van der Waals surface area (Å²) in [4.78, 5) is 0. The molecule has 1 nitrogen and oxygen atoms in total. The Balaban J connectivity index is 2.24. The highest BCUT2D eigenvalue weighted by molar-refractivity contribution is 5.22. The van der Waals surface area contributed by atoms with Crippen LogP contribution in [-0.2, 0) is 12.8 Å². The van der Waals surface area contributed by atoms with Gasteiger partial charge < -0.3 is 5.32 Å². The van der Waals surface area contributed by atoms with Gasteiger partial charge in [-0.15, -0.1) is 0 Å². The lowest BCUT2D eigenvalue weighted by atomic mass is 9.97. The summed E-state index contributed by atoms with van der Waals surface area (Å²) in [6.07, 6.45) is 3.60. The monoisotopic (exact) mass is 247 g/mol. The van der Waals surface area contributed by atoms with Crippen LogP contribution >= 0.6 is 0 Å².